The summed E-state index contributed by atoms with van der Waals surface area (Å²) in [5.74, 6) is 0.304. The van der Waals surface area contributed by atoms with Crippen molar-refractivity contribution in [1.82, 2.24) is 0 Å². The van der Waals surface area contributed by atoms with Crippen LogP contribution in [0.2, 0.25) is 0 Å². The summed E-state index contributed by atoms with van der Waals surface area (Å²) >= 11 is 0. The number of para-hydroxylation sites is 1. The first-order valence-electron chi connectivity index (χ1n) is 4.36. The van der Waals surface area contributed by atoms with Gasteiger partial charge in [0.05, 0.1) is 6.42 Å². The normalized spacial score (nSPS) is 10.0. The summed E-state index contributed by atoms with van der Waals surface area (Å²) in [5.41, 5.74) is 0. The van der Waals surface area contributed by atoms with Crippen molar-refractivity contribution in [2.24, 2.45) is 0 Å². The highest BCUT2D eigenvalue weighted by Crippen LogP contribution is 2.09. The van der Waals surface area contributed by atoms with E-state index < -0.39 is 0 Å². The van der Waals surface area contributed by atoms with Gasteiger partial charge in [-0.25, -0.2) is 0 Å². The minimum Gasteiger partial charge on any atom is -0.426 e. The third-order valence-electron chi connectivity index (χ3n) is 1.53. The van der Waals surface area contributed by atoms with Crippen LogP contribution in [0, 0.1) is 0 Å². The van der Waals surface area contributed by atoms with E-state index in [0.717, 1.165) is 0 Å². The lowest BCUT2D eigenvalue weighted by molar-refractivity contribution is -0.133. The highest BCUT2D eigenvalue weighted by atomic mass is 16.5. The fourth-order valence-electron chi connectivity index (χ4n) is 0.922. The zero-order valence-electron chi connectivity index (χ0n) is 7.85. The molecule has 1 aromatic carbocycles. The van der Waals surface area contributed by atoms with E-state index in [4.69, 9.17) is 4.74 Å². The van der Waals surface area contributed by atoms with E-state index in [1.807, 2.05) is 18.2 Å². The Bertz CT molecular complexity index is 325. The molecule has 0 aliphatic rings. The lowest BCUT2D eigenvalue weighted by Gasteiger charge is -2.00. The van der Waals surface area contributed by atoms with Gasteiger partial charge < -0.3 is 4.74 Å². The Labute approximate surface area is 83.5 Å². The van der Waals surface area contributed by atoms with Crippen molar-refractivity contribution in [3.05, 3.63) is 55.1 Å². The van der Waals surface area contributed by atoms with Crippen molar-refractivity contribution < 1.29 is 9.53 Å². The molecule has 0 aliphatic carbocycles. The van der Waals surface area contributed by atoms with Crippen LogP contribution in [0.1, 0.15) is 6.42 Å². The van der Waals surface area contributed by atoms with Gasteiger partial charge in [-0.15, -0.1) is 0 Å². The molecule has 1 rings (SSSR count). The van der Waals surface area contributed by atoms with Crippen LogP contribution in [0.5, 0.6) is 5.75 Å². The molecule has 0 fully saturated rings. The topological polar surface area (TPSA) is 26.3 Å². The second-order valence-corrected chi connectivity index (χ2v) is 2.66. The number of carbonyl (C=O) groups excluding carboxylic acids is 1. The molecule has 0 bridgehead atoms. The molecule has 0 N–H and O–H groups in total. The van der Waals surface area contributed by atoms with Gasteiger partial charge in [-0.2, -0.15) is 0 Å². The molecule has 0 saturated heterocycles. The van der Waals surface area contributed by atoms with Crippen molar-refractivity contribution in [1.29, 1.82) is 0 Å². The number of carbonyl (C=O) groups is 1. The molecule has 0 aromatic heterocycles. The Morgan fingerprint density at radius 2 is 2.07 bits per heavy atom. The SMILES string of the molecule is C=CC=CCC(=O)Oc1ccccc1. The largest absolute Gasteiger partial charge is 0.426 e. The Balaban J connectivity index is 2.42. The maximum atomic E-state index is 11.2. The van der Waals surface area contributed by atoms with Gasteiger partial charge in [0.2, 0.25) is 0 Å². The average Bonchev–Trinajstić information content (AvgIpc) is 2.20. The number of rotatable bonds is 4. The molecule has 0 unspecified atom stereocenters. The molecule has 0 heterocycles. The Kier molecular flexibility index (Phi) is 4.21. The van der Waals surface area contributed by atoms with Crippen LogP contribution < -0.4 is 4.74 Å². The predicted octanol–water partition coefficient (Wildman–Crippen LogP) is 2.72. The van der Waals surface area contributed by atoms with Gasteiger partial charge in [-0.1, -0.05) is 43.0 Å². The number of hydrogen-bond acceptors (Lipinski definition) is 2. The van der Waals surface area contributed by atoms with Gasteiger partial charge in [0, 0.05) is 0 Å². The zero-order chi connectivity index (χ0) is 10.2. The fourth-order valence-corrected chi connectivity index (χ4v) is 0.922. The number of hydrogen-bond donors (Lipinski definition) is 0. The minimum absolute atomic E-state index is 0.265. The number of benzene rings is 1. The molecular weight excluding hydrogens is 176 g/mol. The minimum atomic E-state index is -0.269. The van der Waals surface area contributed by atoms with Crippen LogP contribution in [0.3, 0.4) is 0 Å². The first-order valence-corrected chi connectivity index (χ1v) is 4.36. The first-order chi connectivity index (χ1) is 6.83. The van der Waals surface area contributed by atoms with Crippen LogP contribution >= 0.6 is 0 Å². The number of allylic oxidation sites excluding steroid dienone is 2. The van der Waals surface area contributed by atoms with Gasteiger partial charge in [0.15, 0.2) is 0 Å². The van der Waals surface area contributed by atoms with E-state index in [-0.39, 0.29) is 12.4 Å². The summed E-state index contributed by atoms with van der Waals surface area (Å²) in [4.78, 5) is 11.2. The maximum Gasteiger partial charge on any atom is 0.315 e. The number of ether oxygens (including phenoxy) is 1. The highest BCUT2D eigenvalue weighted by Gasteiger charge is 2.00. The third-order valence-corrected chi connectivity index (χ3v) is 1.53. The Morgan fingerprint density at radius 3 is 2.71 bits per heavy atom. The van der Waals surface area contributed by atoms with Crippen molar-refractivity contribution in [2.75, 3.05) is 0 Å². The van der Waals surface area contributed by atoms with Gasteiger partial charge in [0.25, 0.3) is 0 Å². The van der Waals surface area contributed by atoms with Gasteiger partial charge in [-0.05, 0) is 12.1 Å². The molecule has 0 saturated carbocycles. The predicted molar refractivity (Wildman–Crippen MR) is 56.0 cm³/mol. The summed E-state index contributed by atoms with van der Waals surface area (Å²) in [6.07, 6.45) is 5.31. The first kappa shape index (κ1) is 10.3. The molecule has 2 nitrogen and oxygen atoms in total. The van der Waals surface area contributed by atoms with E-state index in [9.17, 15) is 4.79 Å². The van der Waals surface area contributed by atoms with Crippen LogP contribution in [0.4, 0.5) is 0 Å². The van der Waals surface area contributed by atoms with Crippen LogP contribution in [-0.4, -0.2) is 5.97 Å². The number of esters is 1. The summed E-state index contributed by atoms with van der Waals surface area (Å²) < 4.78 is 5.04. The average molecular weight is 188 g/mol. The van der Waals surface area contributed by atoms with E-state index in [2.05, 4.69) is 6.58 Å². The smallest absolute Gasteiger partial charge is 0.315 e. The van der Waals surface area contributed by atoms with Crippen molar-refractivity contribution >= 4 is 5.97 Å². The molecule has 72 valence electrons. The molecular formula is C12H12O2. The third kappa shape index (κ3) is 3.72. The van der Waals surface area contributed by atoms with Gasteiger partial charge >= 0.3 is 5.97 Å². The second kappa shape index (κ2) is 5.75. The van der Waals surface area contributed by atoms with Crippen molar-refractivity contribution in [2.45, 2.75) is 6.42 Å². The Hall–Kier alpha value is -1.83. The lowest BCUT2D eigenvalue weighted by atomic mass is 10.3. The monoisotopic (exact) mass is 188 g/mol. The van der Waals surface area contributed by atoms with Gasteiger partial charge in [0.1, 0.15) is 5.75 Å². The van der Waals surface area contributed by atoms with Crippen LogP contribution in [0.15, 0.2) is 55.1 Å². The van der Waals surface area contributed by atoms with E-state index >= 15 is 0 Å². The van der Waals surface area contributed by atoms with E-state index in [1.165, 1.54) is 0 Å². The molecule has 0 amide bonds. The zero-order valence-corrected chi connectivity index (χ0v) is 7.85. The molecule has 14 heavy (non-hydrogen) atoms. The molecule has 1 aromatic rings. The molecule has 0 atom stereocenters. The second-order valence-electron chi connectivity index (χ2n) is 2.66. The maximum absolute atomic E-state index is 11.2. The van der Waals surface area contributed by atoms with E-state index in [0.29, 0.717) is 5.75 Å². The molecule has 0 radical (unpaired) electrons. The molecule has 2 heteroatoms. The Morgan fingerprint density at radius 1 is 1.36 bits per heavy atom. The van der Waals surface area contributed by atoms with Gasteiger partial charge in [-0.3, -0.25) is 4.79 Å². The van der Waals surface area contributed by atoms with Crippen LogP contribution in [-0.2, 0) is 4.79 Å². The summed E-state index contributed by atoms with van der Waals surface area (Å²) in [7, 11) is 0. The lowest BCUT2D eigenvalue weighted by Crippen LogP contribution is -2.05. The summed E-state index contributed by atoms with van der Waals surface area (Å²) in [6, 6.07) is 9.00. The van der Waals surface area contributed by atoms with Crippen LogP contribution in [0.25, 0.3) is 0 Å². The summed E-state index contributed by atoms with van der Waals surface area (Å²) in [5, 5.41) is 0. The van der Waals surface area contributed by atoms with Crippen molar-refractivity contribution in [3.63, 3.8) is 0 Å². The fraction of sp³-hybridized carbons (Fsp3) is 0.0833. The molecule has 0 aliphatic heterocycles. The molecule has 0 spiro atoms. The van der Waals surface area contributed by atoms with Crippen molar-refractivity contribution in [3.8, 4) is 5.75 Å². The highest BCUT2D eigenvalue weighted by molar-refractivity contribution is 5.73. The van der Waals surface area contributed by atoms with E-state index in [1.54, 1.807) is 30.4 Å². The summed E-state index contributed by atoms with van der Waals surface area (Å²) in [6.45, 7) is 3.50. The quantitative estimate of drug-likeness (QED) is 0.412. The standard InChI is InChI=1S/C12H12O2/c1-2-3-5-10-12(13)14-11-8-6-4-7-9-11/h2-9H,1,10H2.